The van der Waals surface area contributed by atoms with Gasteiger partial charge in [0.1, 0.15) is 12.2 Å². The first kappa shape index (κ1) is 16.7. The van der Waals surface area contributed by atoms with Gasteiger partial charge in [0, 0.05) is 45.5 Å². The number of pyridine rings is 1. The molecule has 0 bridgehead atoms. The summed E-state index contributed by atoms with van der Waals surface area (Å²) in [4.78, 5) is 34.9. The molecule has 2 aliphatic rings. The van der Waals surface area contributed by atoms with Gasteiger partial charge in [-0.05, 0) is 30.9 Å². The highest BCUT2D eigenvalue weighted by Gasteiger charge is 2.26. The summed E-state index contributed by atoms with van der Waals surface area (Å²) in [5.74, 6) is 1.57. The molecule has 0 spiro atoms. The van der Waals surface area contributed by atoms with E-state index in [-0.39, 0.29) is 18.2 Å². The summed E-state index contributed by atoms with van der Waals surface area (Å²) in [6.45, 7) is 6.63. The molecule has 0 N–H and O–H groups in total. The highest BCUT2D eigenvalue weighted by molar-refractivity contribution is 5.97. The molecular formula is C18H26N4O2. The van der Waals surface area contributed by atoms with Crippen LogP contribution in [0.2, 0.25) is 0 Å². The van der Waals surface area contributed by atoms with Crippen molar-refractivity contribution in [3.05, 3.63) is 24.4 Å². The molecule has 0 saturated carbocycles. The lowest BCUT2D eigenvalue weighted by molar-refractivity contribution is -0.141. The van der Waals surface area contributed by atoms with Crippen molar-refractivity contribution in [2.24, 2.45) is 5.92 Å². The smallest absolute Gasteiger partial charge is 0.232 e. The molecule has 6 nitrogen and oxygen atoms in total. The first-order valence-corrected chi connectivity index (χ1v) is 8.85. The zero-order valence-electron chi connectivity index (χ0n) is 14.4. The average Bonchev–Trinajstić information content (AvgIpc) is 2.63. The van der Waals surface area contributed by atoms with Gasteiger partial charge in [0.2, 0.25) is 11.8 Å². The van der Waals surface area contributed by atoms with Crippen molar-refractivity contribution in [2.75, 3.05) is 44.2 Å². The number of hydrogen-bond donors (Lipinski definition) is 0. The van der Waals surface area contributed by atoms with Crippen LogP contribution >= 0.6 is 0 Å². The van der Waals surface area contributed by atoms with E-state index < -0.39 is 0 Å². The van der Waals surface area contributed by atoms with Crippen LogP contribution < -0.4 is 4.90 Å². The molecule has 24 heavy (non-hydrogen) atoms. The molecule has 2 aliphatic heterocycles. The second kappa shape index (κ2) is 7.64. The van der Waals surface area contributed by atoms with Crippen molar-refractivity contribution in [1.82, 2.24) is 14.8 Å². The number of carbonyl (C=O) groups excluding carboxylic acids is 2. The SMILES string of the molecule is CC1CCN(C(=O)CC(=O)N2CCN(c3ccccn3)CC2)CC1. The molecule has 3 heterocycles. The quantitative estimate of drug-likeness (QED) is 0.786. The van der Waals surface area contributed by atoms with E-state index in [1.807, 2.05) is 28.0 Å². The van der Waals surface area contributed by atoms with Gasteiger partial charge in [-0.2, -0.15) is 0 Å². The lowest BCUT2D eigenvalue weighted by Crippen LogP contribution is -2.50. The van der Waals surface area contributed by atoms with Crippen molar-refractivity contribution in [3.8, 4) is 0 Å². The van der Waals surface area contributed by atoms with E-state index in [9.17, 15) is 9.59 Å². The van der Waals surface area contributed by atoms with Crippen LogP contribution in [0.25, 0.3) is 0 Å². The third-order valence-corrected chi connectivity index (χ3v) is 5.04. The van der Waals surface area contributed by atoms with E-state index >= 15 is 0 Å². The second-order valence-electron chi connectivity index (χ2n) is 6.80. The van der Waals surface area contributed by atoms with E-state index in [4.69, 9.17) is 0 Å². The van der Waals surface area contributed by atoms with Crippen LogP contribution in [0.4, 0.5) is 5.82 Å². The van der Waals surface area contributed by atoms with Crippen LogP contribution in [0.5, 0.6) is 0 Å². The number of hydrogen-bond acceptors (Lipinski definition) is 4. The molecule has 0 aliphatic carbocycles. The molecule has 6 heteroatoms. The third kappa shape index (κ3) is 4.04. The largest absolute Gasteiger partial charge is 0.353 e. The zero-order valence-corrected chi connectivity index (χ0v) is 14.4. The molecule has 2 amide bonds. The van der Waals surface area contributed by atoms with Crippen LogP contribution in [0.15, 0.2) is 24.4 Å². The highest BCUT2D eigenvalue weighted by Crippen LogP contribution is 2.17. The molecule has 2 saturated heterocycles. The average molecular weight is 330 g/mol. The maximum atomic E-state index is 12.4. The first-order chi connectivity index (χ1) is 11.6. The maximum absolute atomic E-state index is 12.4. The zero-order chi connectivity index (χ0) is 16.9. The Morgan fingerprint density at radius 3 is 2.21 bits per heavy atom. The van der Waals surface area contributed by atoms with E-state index in [0.29, 0.717) is 19.0 Å². The van der Waals surface area contributed by atoms with Gasteiger partial charge in [0.15, 0.2) is 0 Å². The second-order valence-corrected chi connectivity index (χ2v) is 6.80. The molecule has 2 fully saturated rings. The number of aromatic nitrogens is 1. The summed E-state index contributed by atoms with van der Waals surface area (Å²) in [5, 5.41) is 0. The summed E-state index contributed by atoms with van der Waals surface area (Å²) in [6, 6.07) is 5.85. The Bertz CT molecular complexity index is 562. The van der Waals surface area contributed by atoms with Crippen molar-refractivity contribution in [1.29, 1.82) is 0 Å². The minimum atomic E-state index is -0.0423. The van der Waals surface area contributed by atoms with Crippen molar-refractivity contribution < 1.29 is 9.59 Å². The van der Waals surface area contributed by atoms with Crippen LogP contribution in [-0.4, -0.2) is 65.9 Å². The monoisotopic (exact) mass is 330 g/mol. The van der Waals surface area contributed by atoms with Gasteiger partial charge in [0.25, 0.3) is 0 Å². The van der Waals surface area contributed by atoms with Crippen LogP contribution in [-0.2, 0) is 9.59 Å². The molecule has 1 aromatic rings. The van der Waals surface area contributed by atoms with Crippen molar-refractivity contribution in [2.45, 2.75) is 26.2 Å². The molecule has 0 atom stereocenters. The summed E-state index contributed by atoms with van der Waals surface area (Å²) in [5.41, 5.74) is 0. The lowest BCUT2D eigenvalue weighted by Gasteiger charge is -2.36. The highest BCUT2D eigenvalue weighted by atomic mass is 16.2. The Hall–Kier alpha value is -2.11. The minimum Gasteiger partial charge on any atom is -0.353 e. The van der Waals surface area contributed by atoms with Gasteiger partial charge >= 0.3 is 0 Å². The minimum absolute atomic E-state index is 0.0119. The summed E-state index contributed by atoms with van der Waals surface area (Å²) < 4.78 is 0. The third-order valence-electron chi connectivity index (χ3n) is 5.04. The molecular weight excluding hydrogens is 304 g/mol. The van der Waals surface area contributed by atoms with Gasteiger partial charge in [-0.15, -0.1) is 0 Å². The number of piperidine rings is 1. The van der Waals surface area contributed by atoms with Crippen LogP contribution in [0.3, 0.4) is 0 Å². The summed E-state index contributed by atoms with van der Waals surface area (Å²) in [6.07, 6.45) is 3.88. The molecule has 130 valence electrons. The summed E-state index contributed by atoms with van der Waals surface area (Å²) >= 11 is 0. The topological polar surface area (TPSA) is 56.8 Å². The standard InChI is InChI=1S/C18H26N4O2/c1-15-5-8-21(9-6-15)17(23)14-18(24)22-12-10-20(11-13-22)16-4-2-3-7-19-16/h2-4,7,15H,5-6,8-14H2,1H3. The van der Waals surface area contributed by atoms with Gasteiger partial charge in [-0.3, -0.25) is 9.59 Å². The van der Waals surface area contributed by atoms with Crippen molar-refractivity contribution >= 4 is 17.6 Å². The fourth-order valence-electron chi connectivity index (χ4n) is 3.34. The number of rotatable bonds is 3. The van der Waals surface area contributed by atoms with Crippen LogP contribution in [0.1, 0.15) is 26.2 Å². The Balaban J connectivity index is 1.46. The Morgan fingerprint density at radius 1 is 1.00 bits per heavy atom. The Kier molecular flexibility index (Phi) is 5.33. The predicted octanol–water partition coefficient (Wildman–Crippen LogP) is 1.38. The van der Waals surface area contributed by atoms with Crippen LogP contribution in [0, 0.1) is 5.92 Å². The fraction of sp³-hybridized carbons (Fsp3) is 0.611. The van der Waals surface area contributed by atoms with E-state index in [2.05, 4.69) is 16.8 Å². The number of anilines is 1. The fourth-order valence-corrected chi connectivity index (χ4v) is 3.34. The molecule has 0 radical (unpaired) electrons. The van der Waals surface area contributed by atoms with E-state index in [1.165, 1.54) is 0 Å². The van der Waals surface area contributed by atoms with Gasteiger partial charge in [0.05, 0.1) is 0 Å². The normalized spacial score (nSPS) is 19.5. The number of carbonyl (C=O) groups is 2. The predicted molar refractivity (Wildman–Crippen MR) is 92.6 cm³/mol. The van der Waals surface area contributed by atoms with Gasteiger partial charge < -0.3 is 14.7 Å². The van der Waals surface area contributed by atoms with E-state index in [1.54, 1.807) is 6.20 Å². The summed E-state index contributed by atoms with van der Waals surface area (Å²) in [7, 11) is 0. The Morgan fingerprint density at radius 2 is 1.62 bits per heavy atom. The number of amides is 2. The van der Waals surface area contributed by atoms with Gasteiger partial charge in [-0.25, -0.2) is 4.98 Å². The number of likely N-dealkylation sites (tertiary alicyclic amines) is 1. The number of piperazine rings is 1. The molecule has 0 aromatic carbocycles. The molecule has 3 rings (SSSR count). The maximum Gasteiger partial charge on any atom is 0.232 e. The van der Waals surface area contributed by atoms with Gasteiger partial charge in [-0.1, -0.05) is 13.0 Å². The lowest BCUT2D eigenvalue weighted by atomic mass is 9.99. The molecule has 1 aromatic heterocycles. The first-order valence-electron chi connectivity index (χ1n) is 8.85. The number of nitrogens with zero attached hydrogens (tertiary/aromatic N) is 4. The molecule has 0 unspecified atom stereocenters. The van der Waals surface area contributed by atoms with E-state index in [0.717, 1.165) is 44.8 Å². The van der Waals surface area contributed by atoms with Crippen molar-refractivity contribution in [3.63, 3.8) is 0 Å². The Labute approximate surface area is 143 Å².